The molecular weight excluding hydrogens is 149 g/mol. The summed E-state index contributed by atoms with van der Waals surface area (Å²) in [7, 11) is 0. The molecule has 12 heavy (non-hydrogen) atoms. The number of aliphatic hydroxyl groups is 1. The van der Waals surface area contributed by atoms with Gasteiger partial charge >= 0.3 is 0 Å². The molecule has 1 N–H and O–H groups in total. The lowest BCUT2D eigenvalue weighted by Crippen LogP contribution is -2.43. The molecule has 3 aliphatic heterocycles. The van der Waals surface area contributed by atoms with Gasteiger partial charge in [-0.15, -0.1) is 0 Å². The molecule has 3 radical (unpaired) electrons. The summed E-state index contributed by atoms with van der Waals surface area (Å²) >= 11 is 0. The lowest BCUT2D eigenvalue weighted by atomic mass is 9.84. The smallest absolute Gasteiger partial charge is 0.0615 e. The van der Waals surface area contributed by atoms with Crippen LogP contribution in [0.2, 0.25) is 0 Å². The van der Waals surface area contributed by atoms with Gasteiger partial charge in [0, 0.05) is 15.0 Å². The summed E-state index contributed by atoms with van der Waals surface area (Å²) in [6, 6.07) is 0. The van der Waals surface area contributed by atoms with E-state index in [1.54, 1.807) is 0 Å². The van der Waals surface area contributed by atoms with Crippen LogP contribution in [0, 0.1) is 5.92 Å². The predicted molar refractivity (Wildman–Crippen MR) is 50.1 cm³/mol. The van der Waals surface area contributed by atoms with Gasteiger partial charge in [-0.1, -0.05) is 11.6 Å². The molecule has 0 aromatic rings. The molecule has 3 rings (SSSR count). The Labute approximate surface area is 75.8 Å². The molecule has 0 aliphatic carbocycles. The molecule has 65 valence electrons. The largest absolute Gasteiger partial charge is 0.392 e. The Kier molecular flexibility index (Phi) is 3.35. The van der Waals surface area contributed by atoms with Crippen LogP contribution in [0.15, 0.2) is 11.6 Å². The van der Waals surface area contributed by atoms with Crippen LogP contribution in [-0.2, 0) is 0 Å². The zero-order valence-corrected chi connectivity index (χ0v) is 7.37. The molecule has 3 heterocycles. The lowest BCUT2D eigenvalue weighted by molar-refractivity contribution is 0.160. The number of rotatable bonds is 1. The number of hydrogen-bond donors (Lipinski definition) is 1. The average Bonchev–Trinajstić information content (AvgIpc) is 2.07. The Morgan fingerprint density at radius 1 is 1.42 bits per heavy atom. The van der Waals surface area contributed by atoms with E-state index in [9.17, 15) is 0 Å². The van der Waals surface area contributed by atoms with Gasteiger partial charge in [0.25, 0.3) is 0 Å². The van der Waals surface area contributed by atoms with Gasteiger partial charge in [-0.25, -0.2) is 0 Å². The molecule has 0 amide bonds. The number of fused-ring (bicyclic) bond motifs is 3. The zero-order chi connectivity index (χ0) is 7.68. The summed E-state index contributed by atoms with van der Waals surface area (Å²) < 4.78 is 0. The van der Waals surface area contributed by atoms with Crippen LogP contribution in [0.1, 0.15) is 12.8 Å². The zero-order valence-electron chi connectivity index (χ0n) is 7.37. The molecule has 0 atom stereocenters. The van der Waals surface area contributed by atoms with Crippen molar-refractivity contribution in [2.24, 2.45) is 5.92 Å². The normalized spacial score (nSPS) is 36.6. The van der Waals surface area contributed by atoms with Gasteiger partial charge in [-0.3, -0.25) is 4.90 Å². The van der Waals surface area contributed by atoms with Crippen molar-refractivity contribution in [2.75, 3.05) is 26.2 Å². The van der Waals surface area contributed by atoms with Crippen molar-refractivity contribution < 1.29 is 5.11 Å². The fraction of sp³-hybridized carbons (Fsp3) is 0.778. The van der Waals surface area contributed by atoms with Crippen LogP contribution in [-0.4, -0.2) is 44.7 Å². The van der Waals surface area contributed by atoms with Crippen LogP contribution >= 0.6 is 0 Å². The van der Waals surface area contributed by atoms with E-state index in [2.05, 4.69) is 4.90 Å². The summed E-state index contributed by atoms with van der Waals surface area (Å²) in [5, 5.41) is 8.75. The first-order valence-electron chi connectivity index (χ1n) is 4.42. The van der Waals surface area contributed by atoms with Crippen molar-refractivity contribution in [2.45, 2.75) is 12.8 Å². The Balaban J connectivity index is 0.000000720. The SMILES string of the molecule is OCC=C1CN2CCC1CC2.[B]. The second-order valence-corrected chi connectivity index (χ2v) is 3.51. The first-order valence-corrected chi connectivity index (χ1v) is 4.42. The highest BCUT2D eigenvalue weighted by Crippen LogP contribution is 2.31. The molecule has 3 heteroatoms. The topological polar surface area (TPSA) is 23.5 Å². The molecule has 3 saturated heterocycles. The first-order chi connectivity index (χ1) is 5.40. The minimum Gasteiger partial charge on any atom is -0.392 e. The molecule has 2 bridgehead atoms. The molecular formula is C9H15BNO. The van der Waals surface area contributed by atoms with Crippen LogP contribution in [0.25, 0.3) is 0 Å². The monoisotopic (exact) mass is 164 g/mol. The summed E-state index contributed by atoms with van der Waals surface area (Å²) in [6.07, 6.45) is 4.62. The Hall–Kier alpha value is -0.275. The summed E-state index contributed by atoms with van der Waals surface area (Å²) in [5.74, 6) is 0.798. The molecule has 0 aromatic carbocycles. The Bertz CT molecular complexity index is 173. The van der Waals surface area contributed by atoms with Crippen LogP contribution in [0.5, 0.6) is 0 Å². The average molecular weight is 164 g/mol. The molecule has 3 aliphatic rings. The van der Waals surface area contributed by atoms with Gasteiger partial charge < -0.3 is 5.11 Å². The van der Waals surface area contributed by atoms with Gasteiger partial charge in [0.1, 0.15) is 0 Å². The molecule has 0 spiro atoms. The van der Waals surface area contributed by atoms with E-state index < -0.39 is 0 Å². The third-order valence-corrected chi connectivity index (χ3v) is 2.87. The minimum absolute atomic E-state index is 0. The number of hydrogen-bond acceptors (Lipinski definition) is 2. The third-order valence-electron chi connectivity index (χ3n) is 2.87. The van der Waals surface area contributed by atoms with E-state index in [1.165, 1.54) is 31.5 Å². The fourth-order valence-corrected chi connectivity index (χ4v) is 2.20. The maximum absolute atomic E-state index is 8.75. The third kappa shape index (κ3) is 1.72. The van der Waals surface area contributed by atoms with Crippen molar-refractivity contribution in [3.8, 4) is 0 Å². The number of nitrogens with zero attached hydrogens (tertiary/aromatic N) is 1. The van der Waals surface area contributed by atoms with Gasteiger partial charge in [-0.05, 0) is 31.8 Å². The lowest BCUT2D eigenvalue weighted by Gasteiger charge is -2.41. The van der Waals surface area contributed by atoms with Crippen molar-refractivity contribution >= 4 is 8.41 Å². The summed E-state index contributed by atoms with van der Waals surface area (Å²) in [5.41, 5.74) is 1.48. The Morgan fingerprint density at radius 2 is 2.08 bits per heavy atom. The van der Waals surface area contributed by atoms with E-state index in [0.717, 1.165) is 12.5 Å². The van der Waals surface area contributed by atoms with Crippen LogP contribution < -0.4 is 0 Å². The van der Waals surface area contributed by atoms with Gasteiger partial charge in [0.2, 0.25) is 0 Å². The van der Waals surface area contributed by atoms with E-state index in [-0.39, 0.29) is 15.0 Å². The highest BCUT2D eigenvalue weighted by atomic mass is 16.2. The molecule has 0 unspecified atom stereocenters. The van der Waals surface area contributed by atoms with Crippen molar-refractivity contribution in [3.63, 3.8) is 0 Å². The summed E-state index contributed by atoms with van der Waals surface area (Å²) in [6.45, 7) is 3.88. The highest BCUT2D eigenvalue weighted by Gasteiger charge is 2.28. The van der Waals surface area contributed by atoms with Crippen molar-refractivity contribution in [1.29, 1.82) is 0 Å². The maximum atomic E-state index is 8.75. The van der Waals surface area contributed by atoms with Gasteiger partial charge in [0.15, 0.2) is 0 Å². The molecule has 3 fully saturated rings. The van der Waals surface area contributed by atoms with Crippen LogP contribution in [0.3, 0.4) is 0 Å². The summed E-state index contributed by atoms with van der Waals surface area (Å²) in [4.78, 5) is 2.47. The number of piperidine rings is 3. The van der Waals surface area contributed by atoms with Gasteiger partial charge in [0.05, 0.1) is 6.61 Å². The second-order valence-electron chi connectivity index (χ2n) is 3.51. The predicted octanol–water partition coefficient (Wildman–Crippen LogP) is 0.250. The standard InChI is InChI=1S/C9H15NO.B/c11-6-3-9-7-10-4-1-8(9)2-5-10;/h3,8,11H,1-2,4-7H2;. The highest BCUT2D eigenvalue weighted by molar-refractivity contribution is 5.75. The molecule has 0 aromatic heterocycles. The van der Waals surface area contributed by atoms with Crippen molar-refractivity contribution in [1.82, 2.24) is 4.90 Å². The minimum atomic E-state index is 0. The van der Waals surface area contributed by atoms with E-state index >= 15 is 0 Å². The quantitative estimate of drug-likeness (QED) is 0.443. The second kappa shape index (κ2) is 4.10. The molecule has 0 saturated carbocycles. The first kappa shape index (κ1) is 9.81. The van der Waals surface area contributed by atoms with Gasteiger partial charge in [-0.2, -0.15) is 0 Å². The van der Waals surface area contributed by atoms with Crippen LogP contribution in [0.4, 0.5) is 0 Å². The fourth-order valence-electron chi connectivity index (χ4n) is 2.20. The maximum Gasteiger partial charge on any atom is 0.0615 e. The van der Waals surface area contributed by atoms with E-state index in [1.807, 2.05) is 6.08 Å². The van der Waals surface area contributed by atoms with E-state index in [0.29, 0.717) is 0 Å². The molecule has 2 nitrogen and oxygen atoms in total. The van der Waals surface area contributed by atoms with Crippen molar-refractivity contribution in [3.05, 3.63) is 11.6 Å². The Morgan fingerprint density at radius 3 is 2.50 bits per heavy atom. The van der Waals surface area contributed by atoms with E-state index in [4.69, 9.17) is 5.11 Å². The number of aliphatic hydroxyl groups excluding tert-OH is 1.